The molecule has 1 aliphatic carbocycles. The van der Waals surface area contributed by atoms with Crippen molar-refractivity contribution in [2.24, 2.45) is 11.7 Å². The molecule has 0 aromatic heterocycles. The van der Waals surface area contributed by atoms with E-state index in [1.165, 1.54) is 12.8 Å². The average molecular weight is 227 g/mol. The molecule has 1 rings (SSSR count). The second-order valence-electron chi connectivity index (χ2n) is 5.15. The van der Waals surface area contributed by atoms with Crippen LogP contribution in [0.2, 0.25) is 0 Å². The van der Waals surface area contributed by atoms with Gasteiger partial charge < -0.3 is 16.4 Å². The lowest BCUT2D eigenvalue weighted by Crippen LogP contribution is -2.49. The number of primary amides is 1. The molecular formula is C11H21N3O2. The Hall–Kier alpha value is -1.10. The van der Waals surface area contributed by atoms with Crippen molar-refractivity contribution in [1.29, 1.82) is 0 Å². The summed E-state index contributed by atoms with van der Waals surface area (Å²) in [5, 5.41) is 5.87. The van der Waals surface area contributed by atoms with Crippen molar-refractivity contribution < 1.29 is 9.59 Å². The molecule has 1 fully saturated rings. The summed E-state index contributed by atoms with van der Waals surface area (Å²) in [6.07, 6.45) is 2.69. The summed E-state index contributed by atoms with van der Waals surface area (Å²) in [4.78, 5) is 22.3. The normalized spacial score (nSPS) is 15.9. The van der Waals surface area contributed by atoms with E-state index in [9.17, 15) is 9.59 Å². The number of hydrogen-bond acceptors (Lipinski definition) is 3. The molecule has 4 N–H and O–H groups in total. The minimum absolute atomic E-state index is 0.0908. The third-order valence-corrected chi connectivity index (χ3v) is 2.51. The largest absolute Gasteiger partial charge is 0.370 e. The molecule has 2 amide bonds. The fraction of sp³-hybridized carbons (Fsp3) is 0.818. The molecule has 5 nitrogen and oxygen atoms in total. The highest BCUT2D eigenvalue weighted by molar-refractivity contribution is 5.81. The lowest BCUT2D eigenvalue weighted by Gasteiger charge is -2.24. The fourth-order valence-electron chi connectivity index (χ4n) is 1.61. The second kappa shape index (κ2) is 5.30. The standard InChI is InChI=1S/C11H21N3O2/c1-11(2,5-9(12)15)14-10(16)7-13-6-8-3-4-8/h8,13H,3-7H2,1-2H3,(H2,12,15)(H,14,16). The Balaban J connectivity index is 2.17. The highest BCUT2D eigenvalue weighted by Crippen LogP contribution is 2.27. The van der Waals surface area contributed by atoms with E-state index in [1.54, 1.807) is 13.8 Å². The number of nitrogens with two attached hydrogens (primary N) is 1. The van der Waals surface area contributed by atoms with Crippen molar-refractivity contribution in [3.63, 3.8) is 0 Å². The van der Waals surface area contributed by atoms with E-state index in [0.29, 0.717) is 6.54 Å². The number of carbonyl (C=O) groups is 2. The van der Waals surface area contributed by atoms with Gasteiger partial charge in [-0.15, -0.1) is 0 Å². The van der Waals surface area contributed by atoms with Crippen LogP contribution in [0.1, 0.15) is 33.1 Å². The zero-order chi connectivity index (χ0) is 12.2. The van der Waals surface area contributed by atoms with Crippen molar-refractivity contribution >= 4 is 11.8 Å². The molecule has 0 bridgehead atoms. The molecule has 92 valence electrons. The Morgan fingerprint density at radius 2 is 2.00 bits per heavy atom. The Morgan fingerprint density at radius 3 is 2.50 bits per heavy atom. The van der Waals surface area contributed by atoms with E-state index < -0.39 is 11.4 Å². The first-order valence-corrected chi connectivity index (χ1v) is 5.69. The van der Waals surface area contributed by atoms with E-state index in [4.69, 9.17) is 5.73 Å². The molecular weight excluding hydrogens is 206 g/mol. The molecule has 16 heavy (non-hydrogen) atoms. The highest BCUT2D eigenvalue weighted by Gasteiger charge is 2.24. The number of nitrogens with one attached hydrogen (secondary N) is 2. The summed E-state index contributed by atoms with van der Waals surface area (Å²) in [7, 11) is 0. The first-order valence-electron chi connectivity index (χ1n) is 5.69. The molecule has 0 heterocycles. The van der Waals surface area contributed by atoms with Gasteiger partial charge in [-0.2, -0.15) is 0 Å². The van der Waals surface area contributed by atoms with Crippen molar-refractivity contribution in [1.82, 2.24) is 10.6 Å². The monoisotopic (exact) mass is 227 g/mol. The van der Waals surface area contributed by atoms with Gasteiger partial charge >= 0.3 is 0 Å². The maximum absolute atomic E-state index is 11.5. The number of carbonyl (C=O) groups excluding carboxylic acids is 2. The summed E-state index contributed by atoms with van der Waals surface area (Å²) in [5.74, 6) is 0.259. The maximum Gasteiger partial charge on any atom is 0.234 e. The van der Waals surface area contributed by atoms with Gasteiger partial charge in [0.05, 0.1) is 6.54 Å². The summed E-state index contributed by atoms with van der Waals surface area (Å²) < 4.78 is 0. The van der Waals surface area contributed by atoms with Gasteiger partial charge in [-0.05, 0) is 39.2 Å². The van der Waals surface area contributed by atoms with Crippen LogP contribution >= 0.6 is 0 Å². The van der Waals surface area contributed by atoms with Crippen molar-refractivity contribution in [3.8, 4) is 0 Å². The van der Waals surface area contributed by atoms with Crippen LogP contribution in [-0.4, -0.2) is 30.4 Å². The van der Waals surface area contributed by atoms with Gasteiger partial charge in [0.1, 0.15) is 0 Å². The van der Waals surface area contributed by atoms with Crippen molar-refractivity contribution in [2.75, 3.05) is 13.1 Å². The summed E-state index contributed by atoms with van der Waals surface area (Å²) in [6, 6.07) is 0. The van der Waals surface area contributed by atoms with E-state index in [2.05, 4.69) is 10.6 Å². The molecule has 0 radical (unpaired) electrons. The van der Waals surface area contributed by atoms with Crippen molar-refractivity contribution in [2.45, 2.75) is 38.6 Å². The lowest BCUT2D eigenvalue weighted by atomic mass is 10.0. The summed E-state index contributed by atoms with van der Waals surface area (Å²) in [6.45, 7) is 4.79. The van der Waals surface area contributed by atoms with E-state index in [0.717, 1.165) is 12.5 Å². The van der Waals surface area contributed by atoms with Gasteiger partial charge in [0.25, 0.3) is 0 Å². The summed E-state index contributed by atoms with van der Waals surface area (Å²) >= 11 is 0. The smallest absolute Gasteiger partial charge is 0.234 e. The molecule has 0 aromatic carbocycles. The predicted molar refractivity (Wildman–Crippen MR) is 61.6 cm³/mol. The molecule has 0 aromatic rings. The van der Waals surface area contributed by atoms with Gasteiger partial charge in [0.15, 0.2) is 0 Å². The lowest BCUT2D eigenvalue weighted by molar-refractivity contribution is -0.123. The molecule has 0 saturated heterocycles. The van der Waals surface area contributed by atoms with Crippen LogP contribution in [0.25, 0.3) is 0 Å². The van der Waals surface area contributed by atoms with Crippen molar-refractivity contribution in [3.05, 3.63) is 0 Å². The zero-order valence-electron chi connectivity index (χ0n) is 10.0. The van der Waals surface area contributed by atoms with Gasteiger partial charge in [-0.3, -0.25) is 9.59 Å². The molecule has 0 aliphatic heterocycles. The average Bonchev–Trinajstić information content (AvgIpc) is 2.83. The molecule has 0 unspecified atom stereocenters. The Kier molecular flexibility index (Phi) is 4.29. The van der Waals surface area contributed by atoms with Crippen LogP contribution in [-0.2, 0) is 9.59 Å². The molecule has 0 spiro atoms. The zero-order valence-corrected chi connectivity index (χ0v) is 10.0. The minimum atomic E-state index is -0.565. The number of amides is 2. The first-order chi connectivity index (χ1) is 7.39. The molecule has 1 saturated carbocycles. The molecule has 1 aliphatic rings. The predicted octanol–water partition coefficient (Wildman–Crippen LogP) is -0.244. The maximum atomic E-state index is 11.5. The number of rotatable bonds is 7. The number of hydrogen-bond donors (Lipinski definition) is 3. The third kappa shape index (κ3) is 5.70. The Bertz CT molecular complexity index is 272. The van der Waals surface area contributed by atoms with Crippen LogP contribution in [0.5, 0.6) is 0 Å². The van der Waals surface area contributed by atoms with Gasteiger partial charge in [-0.25, -0.2) is 0 Å². The van der Waals surface area contributed by atoms with Gasteiger partial charge in [0.2, 0.25) is 11.8 Å². The third-order valence-electron chi connectivity index (χ3n) is 2.51. The quantitative estimate of drug-likeness (QED) is 0.561. The van der Waals surface area contributed by atoms with Crippen LogP contribution in [0.4, 0.5) is 0 Å². The summed E-state index contributed by atoms with van der Waals surface area (Å²) in [5.41, 5.74) is 4.53. The van der Waals surface area contributed by atoms with Crippen LogP contribution in [0.3, 0.4) is 0 Å². The SMILES string of the molecule is CC(C)(CC(N)=O)NC(=O)CNCC1CC1. The van der Waals surface area contributed by atoms with Crippen LogP contribution in [0.15, 0.2) is 0 Å². The van der Waals surface area contributed by atoms with Crippen LogP contribution in [0, 0.1) is 5.92 Å². The second-order valence-corrected chi connectivity index (χ2v) is 5.15. The van der Waals surface area contributed by atoms with E-state index in [-0.39, 0.29) is 12.3 Å². The Morgan fingerprint density at radius 1 is 1.38 bits per heavy atom. The van der Waals surface area contributed by atoms with E-state index in [1.807, 2.05) is 0 Å². The fourth-order valence-corrected chi connectivity index (χ4v) is 1.61. The van der Waals surface area contributed by atoms with Gasteiger partial charge in [-0.1, -0.05) is 0 Å². The first kappa shape index (κ1) is 13.0. The Labute approximate surface area is 96.1 Å². The minimum Gasteiger partial charge on any atom is -0.370 e. The highest BCUT2D eigenvalue weighted by atomic mass is 16.2. The van der Waals surface area contributed by atoms with E-state index >= 15 is 0 Å². The molecule has 0 atom stereocenters. The van der Waals surface area contributed by atoms with Gasteiger partial charge in [0, 0.05) is 12.0 Å². The van der Waals surface area contributed by atoms with Crippen LogP contribution < -0.4 is 16.4 Å². The topological polar surface area (TPSA) is 84.2 Å². The molecule has 5 heteroatoms.